The Morgan fingerprint density at radius 3 is 2.36 bits per heavy atom. The highest BCUT2D eigenvalue weighted by molar-refractivity contribution is 5.79. The molecule has 14 heavy (non-hydrogen) atoms. The van der Waals surface area contributed by atoms with Gasteiger partial charge >= 0.3 is 0 Å². The third-order valence-corrected chi connectivity index (χ3v) is 3.03. The van der Waals surface area contributed by atoms with E-state index in [-0.39, 0.29) is 11.8 Å². The fourth-order valence-electron chi connectivity index (χ4n) is 1.54. The summed E-state index contributed by atoms with van der Waals surface area (Å²) >= 11 is 0. The van der Waals surface area contributed by atoms with E-state index in [0.29, 0.717) is 18.5 Å². The molecule has 0 heterocycles. The zero-order valence-corrected chi connectivity index (χ0v) is 9.49. The molecule has 0 aliphatic heterocycles. The summed E-state index contributed by atoms with van der Waals surface area (Å²) in [6, 6.07) is 0.493. The fraction of sp³-hybridized carbons (Fsp3) is 0.909. The lowest BCUT2D eigenvalue weighted by molar-refractivity contribution is -0.136. The molecule has 0 aromatic carbocycles. The van der Waals surface area contributed by atoms with Crippen molar-refractivity contribution in [1.29, 1.82) is 0 Å². The van der Waals surface area contributed by atoms with Crippen LogP contribution in [-0.2, 0) is 4.79 Å². The highest BCUT2D eigenvalue weighted by atomic mass is 16.2. The molecule has 3 nitrogen and oxygen atoms in total. The topological polar surface area (TPSA) is 46.3 Å². The first-order valence-corrected chi connectivity index (χ1v) is 5.58. The summed E-state index contributed by atoms with van der Waals surface area (Å²) in [5, 5.41) is 0. The van der Waals surface area contributed by atoms with Crippen LogP contribution in [0.2, 0.25) is 0 Å². The van der Waals surface area contributed by atoms with Crippen molar-refractivity contribution < 1.29 is 4.79 Å². The minimum absolute atomic E-state index is 0.127. The van der Waals surface area contributed by atoms with E-state index in [1.54, 1.807) is 0 Å². The maximum atomic E-state index is 12.0. The van der Waals surface area contributed by atoms with Crippen molar-refractivity contribution in [2.75, 3.05) is 13.1 Å². The normalized spacial score (nSPS) is 18.4. The highest BCUT2D eigenvalue weighted by Gasteiger charge is 2.34. The third kappa shape index (κ3) is 2.71. The molecule has 0 radical (unpaired) electrons. The van der Waals surface area contributed by atoms with Crippen molar-refractivity contribution in [1.82, 2.24) is 4.90 Å². The van der Waals surface area contributed by atoms with Gasteiger partial charge in [-0.25, -0.2) is 0 Å². The van der Waals surface area contributed by atoms with Gasteiger partial charge in [-0.05, 0) is 18.8 Å². The number of rotatable bonds is 5. The van der Waals surface area contributed by atoms with Gasteiger partial charge in [0.25, 0.3) is 0 Å². The first kappa shape index (κ1) is 11.5. The number of hydrogen-bond donors (Lipinski definition) is 1. The standard InChI is InChI=1S/C11H22N2O/c1-8(2)9(3)11(14)13(7-6-12)10-4-5-10/h8-10H,4-7,12H2,1-3H3. The predicted octanol–water partition coefficient (Wildman–Crippen LogP) is 1.23. The van der Waals surface area contributed by atoms with Gasteiger partial charge in [-0.3, -0.25) is 4.79 Å². The molecule has 0 aromatic heterocycles. The Morgan fingerprint density at radius 2 is 2.00 bits per heavy atom. The number of nitrogens with two attached hydrogens (primary N) is 1. The lowest BCUT2D eigenvalue weighted by Gasteiger charge is -2.26. The maximum absolute atomic E-state index is 12.0. The van der Waals surface area contributed by atoms with Crippen LogP contribution in [0, 0.1) is 11.8 Å². The highest BCUT2D eigenvalue weighted by Crippen LogP contribution is 2.28. The smallest absolute Gasteiger partial charge is 0.225 e. The fourth-order valence-corrected chi connectivity index (χ4v) is 1.54. The zero-order valence-electron chi connectivity index (χ0n) is 9.49. The Bertz CT molecular complexity index is 199. The van der Waals surface area contributed by atoms with Crippen LogP contribution in [0.1, 0.15) is 33.6 Å². The van der Waals surface area contributed by atoms with E-state index >= 15 is 0 Å². The summed E-state index contributed by atoms with van der Waals surface area (Å²) in [6.45, 7) is 7.50. The van der Waals surface area contributed by atoms with Gasteiger partial charge in [-0.2, -0.15) is 0 Å². The number of amides is 1. The first-order valence-electron chi connectivity index (χ1n) is 5.58. The first-order chi connectivity index (χ1) is 6.57. The molecular weight excluding hydrogens is 176 g/mol. The molecule has 0 spiro atoms. The largest absolute Gasteiger partial charge is 0.338 e. The number of hydrogen-bond acceptors (Lipinski definition) is 2. The predicted molar refractivity (Wildman–Crippen MR) is 57.8 cm³/mol. The third-order valence-electron chi connectivity index (χ3n) is 3.03. The summed E-state index contributed by atoms with van der Waals surface area (Å²) in [5.41, 5.74) is 5.52. The molecule has 2 N–H and O–H groups in total. The van der Waals surface area contributed by atoms with Crippen molar-refractivity contribution >= 4 is 5.91 Å². The van der Waals surface area contributed by atoms with E-state index in [4.69, 9.17) is 5.73 Å². The summed E-state index contributed by atoms with van der Waals surface area (Å²) < 4.78 is 0. The van der Waals surface area contributed by atoms with Gasteiger partial charge in [0.05, 0.1) is 0 Å². The number of carbonyl (C=O) groups is 1. The average molecular weight is 198 g/mol. The minimum Gasteiger partial charge on any atom is -0.338 e. The van der Waals surface area contributed by atoms with Gasteiger partial charge in [-0.15, -0.1) is 0 Å². The molecule has 82 valence electrons. The van der Waals surface area contributed by atoms with Gasteiger partial charge in [-0.1, -0.05) is 20.8 Å². The van der Waals surface area contributed by atoms with Crippen molar-refractivity contribution in [3.8, 4) is 0 Å². The van der Waals surface area contributed by atoms with Gasteiger partial charge in [0.15, 0.2) is 0 Å². The number of carbonyl (C=O) groups excluding carboxylic acids is 1. The van der Waals surface area contributed by atoms with Crippen LogP contribution >= 0.6 is 0 Å². The second-order valence-corrected chi connectivity index (χ2v) is 4.58. The monoisotopic (exact) mass is 198 g/mol. The zero-order chi connectivity index (χ0) is 10.7. The van der Waals surface area contributed by atoms with Crippen LogP contribution in [0.5, 0.6) is 0 Å². The molecule has 1 aliphatic carbocycles. The molecule has 0 aromatic rings. The van der Waals surface area contributed by atoms with Crippen LogP contribution in [0.15, 0.2) is 0 Å². The Morgan fingerprint density at radius 1 is 1.43 bits per heavy atom. The van der Waals surface area contributed by atoms with Crippen molar-refractivity contribution in [3.05, 3.63) is 0 Å². The Kier molecular flexibility index (Phi) is 3.93. The van der Waals surface area contributed by atoms with Crippen LogP contribution in [0.25, 0.3) is 0 Å². The van der Waals surface area contributed by atoms with Crippen molar-refractivity contribution in [2.45, 2.75) is 39.7 Å². The Labute approximate surface area is 86.6 Å². The molecule has 1 atom stereocenters. The maximum Gasteiger partial charge on any atom is 0.225 e. The van der Waals surface area contributed by atoms with Gasteiger partial charge < -0.3 is 10.6 Å². The molecule has 1 rings (SSSR count). The van der Waals surface area contributed by atoms with Crippen LogP contribution in [0.4, 0.5) is 0 Å². The van der Waals surface area contributed by atoms with E-state index in [1.165, 1.54) is 0 Å². The van der Waals surface area contributed by atoms with Crippen LogP contribution in [-0.4, -0.2) is 29.9 Å². The quantitative estimate of drug-likeness (QED) is 0.722. The number of nitrogens with zero attached hydrogens (tertiary/aromatic N) is 1. The molecule has 1 unspecified atom stereocenters. The van der Waals surface area contributed by atoms with Gasteiger partial charge in [0.2, 0.25) is 5.91 Å². The molecule has 1 aliphatic rings. The average Bonchev–Trinajstić information content (AvgIpc) is 2.95. The van der Waals surface area contributed by atoms with Crippen molar-refractivity contribution in [2.24, 2.45) is 17.6 Å². The van der Waals surface area contributed by atoms with Gasteiger partial charge in [0.1, 0.15) is 0 Å². The summed E-state index contributed by atoms with van der Waals surface area (Å²) in [6.07, 6.45) is 2.33. The minimum atomic E-state index is 0.127. The molecule has 0 bridgehead atoms. The molecular formula is C11H22N2O. The second kappa shape index (κ2) is 4.78. The lowest BCUT2D eigenvalue weighted by atomic mass is 9.96. The van der Waals surface area contributed by atoms with E-state index in [9.17, 15) is 4.79 Å². The van der Waals surface area contributed by atoms with E-state index < -0.39 is 0 Å². The van der Waals surface area contributed by atoms with E-state index in [1.807, 2.05) is 11.8 Å². The van der Waals surface area contributed by atoms with Gasteiger partial charge in [0, 0.05) is 25.0 Å². The Balaban J connectivity index is 2.53. The van der Waals surface area contributed by atoms with Crippen LogP contribution < -0.4 is 5.73 Å². The lowest BCUT2D eigenvalue weighted by Crippen LogP contribution is -2.41. The van der Waals surface area contributed by atoms with E-state index in [2.05, 4.69) is 13.8 Å². The summed E-state index contributed by atoms with van der Waals surface area (Å²) in [5.74, 6) is 0.830. The summed E-state index contributed by atoms with van der Waals surface area (Å²) in [7, 11) is 0. The Hall–Kier alpha value is -0.570. The molecule has 1 saturated carbocycles. The second-order valence-electron chi connectivity index (χ2n) is 4.58. The SMILES string of the molecule is CC(C)C(C)C(=O)N(CCN)C1CC1. The van der Waals surface area contributed by atoms with E-state index in [0.717, 1.165) is 19.4 Å². The van der Waals surface area contributed by atoms with Crippen LogP contribution in [0.3, 0.4) is 0 Å². The summed E-state index contributed by atoms with van der Waals surface area (Å²) in [4.78, 5) is 14.0. The van der Waals surface area contributed by atoms with Crippen molar-refractivity contribution in [3.63, 3.8) is 0 Å². The molecule has 1 fully saturated rings. The molecule has 1 amide bonds. The molecule has 3 heteroatoms. The molecule has 0 saturated heterocycles.